The first-order valence-corrected chi connectivity index (χ1v) is 15.2. The van der Waals surface area contributed by atoms with Crippen LogP contribution in [0.25, 0.3) is 0 Å². The lowest BCUT2D eigenvalue weighted by molar-refractivity contribution is 0.000519. The average molecular weight is 547 g/mol. The summed E-state index contributed by atoms with van der Waals surface area (Å²) in [7, 11) is -1.99. The van der Waals surface area contributed by atoms with Crippen LogP contribution in [0.4, 0.5) is 14.9 Å². The standard InChI is InChI=1S/C25H41BrFNO4Si/c1-22(2,3)32-21(30)28-19-15-18(27)17(26)14-16(19)25(9,20(29)24(28,7)8)12-13-31-33(10,11)23(4,5)6/h14-15,20,29H,12-13H2,1-11H3. The normalized spacial score (nSPS) is 23.3. The topological polar surface area (TPSA) is 59.0 Å². The minimum Gasteiger partial charge on any atom is -0.443 e. The molecule has 0 fully saturated rings. The van der Waals surface area contributed by atoms with E-state index < -0.39 is 42.9 Å². The van der Waals surface area contributed by atoms with Gasteiger partial charge in [-0.15, -0.1) is 0 Å². The summed E-state index contributed by atoms with van der Waals surface area (Å²) in [5.74, 6) is -0.477. The van der Waals surface area contributed by atoms with Crippen LogP contribution in [0.15, 0.2) is 16.6 Å². The predicted octanol–water partition coefficient (Wildman–Crippen LogP) is 7.15. The van der Waals surface area contributed by atoms with Crippen molar-refractivity contribution >= 4 is 36.0 Å². The van der Waals surface area contributed by atoms with E-state index in [0.29, 0.717) is 24.3 Å². The Labute approximate surface area is 208 Å². The first-order chi connectivity index (χ1) is 14.6. The number of hydrogen-bond acceptors (Lipinski definition) is 4. The van der Waals surface area contributed by atoms with Gasteiger partial charge < -0.3 is 14.3 Å². The summed E-state index contributed by atoms with van der Waals surface area (Å²) in [6, 6.07) is 3.02. The Bertz CT molecular complexity index is 907. The number of amides is 1. The van der Waals surface area contributed by atoms with Crippen LogP contribution in [-0.4, -0.2) is 43.4 Å². The largest absolute Gasteiger partial charge is 0.443 e. The third-order valence-corrected chi connectivity index (χ3v) is 12.4. The summed E-state index contributed by atoms with van der Waals surface area (Å²) in [6.45, 7) is 22.3. The van der Waals surface area contributed by atoms with Crippen LogP contribution in [0.5, 0.6) is 0 Å². The van der Waals surface area contributed by atoms with Gasteiger partial charge in [-0.05, 0) is 92.8 Å². The molecule has 0 bridgehead atoms. The Balaban J connectivity index is 2.57. The number of carbonyl (C=O) groups is 1. The van der Waals surface area contributed by atoms with E-state index in [1.807, 2.05) is 6.92 Å². The molecular formula is C25H41BrFNO4Si. The summed E-state index contributed by atoms with van der Waals surface area (Å²) in [5, 5.41) is 11.7. The van der Waals surface area contributed by atoms with Crippen molar-refractivity contribution in [1.82, 2.24) is 0 Å². The van der Waals surface area contributed by atoms with Gasteiger partial charge in [0, 0.05) is 12.0 Å². The van der Waals surface area contributed by atoms with Crippen molar-refractivity contribution in [2.24, 2.45) is 0 Å². The zero-order valence-corrected chi connectivity index (χ0v) is 24.6. The third-order valence-electron chi connectivity index (χ3n) is 7.21. The molecular weight excluding hydrogens is 505 g/mol. The second-order valence-corrected chi connectivity index (χ2v) is 18.1. The summed E-state index contributed by atoms with van der Waals surface area (Å²) < 4.78 is 27.1. The Morgan fingerprint density at radius 1 is 1.18 bits per heavy atom. The van der Waals surface area contributed by atoms with Crippen LogP contribution in [-0.2, 0) is 14.6 Å². The highest BCUT2D eigenvalue weighted by atomic mass is 79.9. The number of halogens is 2. The molecule has 1 heterocycles. The van der Waals surface area contributed by atoms with Gasteiger partial charge in [0.2, 0.25) is 0 Å². The SMILES string of the molecule is CC(C)(C)OC(=O)N1c2cc(F)c(Br)cc2C(C)(CCO[Si](C)(C)C(C)(C)C)C(O)C1(C)C. The summed E-state index contributed by atoms with van der Waals surface area (Å²) >= 11 is 3.29. The molecule has 0 saturated heterocycles. The molecule has 0 aliphatic carbocycles. The maximum Gasteiger partial charge on any atom is 0.415 e. The highest BCUT2D eigenvalue weighted by Gasteiger charge is 2.55. The van der Waals surface area contributed by atoms with Gasteiger partial charge in [0.05, 0.1) is 21.8 Å². The quantitative estimate of drug-likeness (QED) is 0.408. The number of nitrogens with zero attached hydrogens (tertiary/aromatic N) is 1. The fraction of sp³-hybridized carbons (Fsp3) is 0.720. The van der Waals surface area contributed by atoms with Crippen LogP contribution >= 0.6 is 15.9 Å². The maximum absolute atomic E-state index is 14.7. The molecule has 2 unspecified atom stereocenters. The van der Waals surface area contributed by atoms with Gasteiger partial charge in [-0.2, -0.15) is 0 Å². The van der Waals surface area contributed by atoms with E-state index in [2.05, 4.69) is 49.8 Å². The van der Waals surface area contributed by atoms with Crippen LogP contribution in [0.1, 0.15) is 74.3 Å². The second-order valence-electron chi connectivity index (χ2n) is 12.4. The van der Waals surface area contributed by atoms with Crippen LogP contribution in [0, 0.1) is 5.82 Å². The third kappa shape index (κ3) is 5.49. The molecule has 1 aliphatic heterocycles. The number of hydrogen-bond donors (Lipinski definition) is 1. The molecule has 1 aliphatic rings. The van der Waals surface area contributed by atoms with Crippen molar-refractivity contribution in [2.45, 2.75) is 110 Å². The van der Waals surface area contributed by atoms with E-state index >= 15 is 0 Å². The monoisotopic (exact) mass is 545 g/mol. The molecule has 1 amide bonds. The van der Waals surface area contributed by atoms with Crippen molar-refractivity contribution in [1.29, 1.82) is 0 Å². The summed E-state index contributed by atoms with van der Waals surface area (Å²) in [4.78, 5) is 14.6. The minimum atomic E-state index is -1.99. The molecule has 5 nitrogen and oxygen atoms in total. The van der Waals surface area contributed by atoms with E-state index in [0.717, 1.165) is 0 Å². The van der Waals surface area contributed by atoms with Crippen molar-refractivity contribution < 1.29 is 23.5 Å². The highest BCUT2D eigenvalue weighted by molar-refractivity contribution is 9.10. The molecule has 2 rings (SSSR count). The molecule has 33 heavy (non-hydrogen) atoms. The van der Waals surface area contributed by atoms with Gasteiger partial charge in [-0.3, -0.25) is 4.90 Å². The molecule has 2 atom stereocenters. The first-order valence-electron chi connectivity index (χ1n) is 11.5. The predicted molar refractivity (Wildman–Crippen MR) is 138 cm³/mol. The van der Waals surface area contributed by atoms with E-state index in [-0.39, 0.29) is 9.51 Å². The Kier molecular flexibility index (Phi) is 7.64. The fourth-order valence-corrected chi connectivity index (χ4v) is 5.57. The zero-order valence-electron chi connectivity index (χ0n) is 22.0. The van der Waals surface area contributed by atoms with Gasteiger partial charge in [-0.1, -0.05) is 27.7 Å². The maximum atomic E-state index is 14.7. The minimum absolute atomic E-state index is 0.0654. The molecule has 0 aromatic heterocycles. The lowest BCUT2D eigenvalue weighted by atomic mass is 9.65. The Hall–Kier alpha value is -0.963. The molecule has 0 saturated carbocycles. The number of rotatable bonds is 4. The van der Waals surface area contributed by atoms with Crippen LogP contribution in [0.2, 0.25) is 18.1 Å². The number of aliphatic hydroxyl groups excluding tert-OH is 1. The fourth-order valence-electron chi connectivity index (χ4n) is 4.19. The number of carbonyl (C=O) groups excluding carboxylic acids is 1. The lowest BCUT2D eigenvalue weighted by Gasteiger charge is -2.54. The molecule has 188 valence electrons. The zero-order chi connectivity index (χ0) is 25.8. The van der Waals surface area contributed by atoms with Gasteiger partial charge in [-0.25, -0.2) is 9.18 Å². The van der Waals surface area contributed by atoms with Crippen LogP contribution < -0.4 is 4.90 Å². The highest BCUT2D eigenvalue weighted by Crippen LogP contribution is 2.51. The molecule has 1 aromatic rings. The number of fused-ring (bicyclic) bond motifs is 1. The molecule has 1 N–H and O–H groups in total. The smallest absolute Gasteiger partial charge is 0.415 e. The number of anilines is 1. The number of aliphatic hydroxyl groups is 1. The van der Waals surface area contributed by atoms with Gasteiger partial charge in [0.25, 0.3) is 0 Å². The van der Waals surface area contributed by atoms with E-state index in [1.54, 1.807) is 40.7 Å². The molecule has 0 spiro atoms. The summed E-state index contributed by atoms with van der Waals surface area (Å²) in [6.07, 6.45) is -1.03. The molecule has 0 radical (unpaired) electrons. The van der Waals surface area contributed by atoms with Gasteiger partial charge in [0.15, 0.2) is 8.32 Å². The second kappa shape index (κ2) is 8.92. The van der Waals surface area contributed by atoms with E-state index in [1.165, 1.54) is 11.0 Å². The summed E-state index contributed by atoms with van der Waals surface area (Å²) in [5.41, 5.74) is -1.44. The van der Waals surface area contributed by atoms with Crippen molar-refractivity contribution in [3.8, 4) is 0 Å². The molecule has 8 heteroatoms. The van der Waals surface area contributed by atoms with Gasteiger partial charge in [0.1, 0.15) is 11.4 Å². The Morgan fingerprint density at radius 2 is 1.73 bits per heavy atom. The average Bonchev–Trinajstić information content (AvgIpc) is 2.59. The number of benzene rings is 1. The first kappa shape index (κ1) is 28.3. The van der Waals surface area contributed by atoms with Crippen molar-refractivity contribution in [3.63, 3.8) is 0 Å². The van der Waals surface area contributed by atoms with Crippen LogP contribution in [0.3, 0.4) is 0 Å². The lowest BCUT2D eigenvalue weighted by Crippen LogP contribution is -2.66. The number of ether oxygens (including phenoxy) is 1. The molecule has 1 aromatic carbocycles. The van der Waals surface area contributed by atoms with E-state index in [4.69, 9.17) is 9.16 Å². The Morgan fingerprint density at radius 3 is 2.21 bits per heavy atom. The van der Waals surface area contributed by atoms with Gasteiger partial charge >= 0.3 is 6.09 Å². The van der Waals surface area contributed by atoms with Crippen molar-refractivity contribution in [3.05, 3.63) is 28.0 Å². The van der Waals surface area contributed by atoms with Crippen molar-refractivity contribution in [2.75, 3.05) is 11.5 Å². The van der Waals surface area contributed by atoms with E-state index in [9.17, 15) is 14.3 Å².